The van der Waals surface area contributed by atoms with Gasteiger partial charge in [-0.2, -0.15) is 0 Å². The predicted molar refractivity (Wildman–Crippen MR) is 97.1 cm³/mol. The quantitative estimate of drug-likeness (QED) is 0.610. The number of anilines is 1. The number of ketones is 1. The van der Waals surface area contributed by atoms with Gasteiger partial charge in [0.1, 0.15) is 5.03 Å². The Balaban J connectivity index is 1.78. The Morgan fingerprint density at radius 1 is 1.33 bits per heavy atom. The van der Waals surface area contributed by atoms with Crippen molar-refractivity contribution in [3.63, 3.8) is 0 Å². The predicted octanol–water partition coefficient (Wildman–Crippen LogP) is 4.01. The fourth-order valence-corrected chi connectivity index (χ4v) is 3.93. The van der Waals surface area contributed by atoms with Crippen molar-refractivity contribution in [2.24, 2.45) is 0 Å². The summed E-state index contributed by atoms with van der Waals surface area (Å²) in [5.41, 5.74) is 2.61. The first-order valence-corrected chi connectivity index (χ1v) is 8.95. The van der Waals surface area contributed by atoms with Gasteiger partial charge in [-0.3, -0.25) is 9.59 Å². The van der Waals surface area contributed by atoms with Crippen molar-refractivity contribution in [2.45, 2.75) is 30.5 Å². The molecule has 6 heteroatoms. The van der Waals surface area contributed by atoms with Crippen LogP contribution in [0.5, 0.6) is 0 Å². The van der Waals surface area contributed by atoms with Gasteiger partial charge in [0.05, 0.1) is 10.3 Å². The molecule has 1 aliphatic heterocycles. The van der Waals surface area contributed by atoms with E-state index in [1.165, 1.54) is 11.8 Å². The molecule has 0 saturated carbocycles. The molecule has 2 aromatic rings. The molecule has 2 heterocycles. The molecule has 1 aliphatic rings. The number of rotatable bonds is 4. The average molecular weight is 361 g/mol. The smallest absolute Gasteiger partial charge is 0.223 e. The Bertz CT molecular complexity index is 809. The number of pyridine rings is 1. The summed E-state index contributed by atoms with van der Waals surface area (Å²) >= 11 is 7.46. The van der Waals surface area contributed by atoms with Gasteiger partial charge in [-0.05, 0) is 49.2 Å². The molecule has 1 amide bonds. The van der Waals surface area contributed by atoms with E-state index in [1.807, 2.05) is 19.1 Å². The number of Topliss-reactive ketones (excluding diaryl/α,β-unsaturated/α-hetero) is 1. The summed E-state index contributed by atoms with van der Waals surface area (Å²) < 4.78 is 0. The van der Waals surface area contributed by atoms with Crippen LogP contribution >= 0.6 is 23.4 Å². The van der Waals surface area contributed by atoms with Gasteiger partial charge in [0.25, 0.3) is 0 Å². The highest BCUT2D eigenvalue weighted by Gasteiger charge is 2.25. The molecule has 0 radical (unpaired) electrons. The SMILES string of the molecule is CC(=O)N1CCc2cc(C(=O)[C@H](C)Sc3ncccc3Cl)ccc21. The van der Waals surface area contributed by atoms with E-state index < -0.39 is 0 Å². The second-order valence-electron chi connectivity index (χ2n) is 5.68. The van der Waals surface area contributed by atoms with Crippen molar-refractivity contribution >= 4 is 40.7 Å². The van der Waals surface area contributed by atoms with E-state index in [9.17, 15) is 9.59 Å². The molecule has 1 aromatic carbocycles. The molecule has 4 nitrogen and oxygen atoms in total. The maximum atomic E-state index is 12.7. The van der Waals surface area contributed by atoms with Gasteiger partial charge in [0.15, 0.2) is 5.78 Å². The van der Waals surface area contributed by atoms with Crippen molar-refractivity contribution in [1.29, 1.82) is 0 Å². The molecular weight excluding hydrogens is 344 g/mol. The standard InChI is InChI=1S/C18H17ClN2O2S/c1-11(24-18-15(19)4-3-8-20-18)17(23)14-5-6-16-13(10-14)7-9-21(16)12(2)22/h3-6,8,10-11H,7,9H2,1-2H3/t11-/m0/s1. The number of halogens is 1. The van der Waals surface area contributed by atoms with Crippen LogP contribution in [0.15, 0.2) is 41.6 Å². The van der Waals surface area contributed by atoms with Crippen LogP contribution in [0, 0.1) is 0 Å². The lowest BCUT2D eigenvalue weighted by Gasteiger charge is -2.15. The number of benzene rings is 1. The third-order valence-electron chi connectivity index (χ3n) is 4.02. The Kier molecular flexibility index (Phi) is 4.92. The Morgan fingerprint density at radius 3 is 2.83 bits per heavy atom. The van der Waals surface area contributed by atoms with Gasteiger partial charge in [-0.15, -0.1) is 0 Å². The van der Waals surface area contributed by atoms with Crippen LogP contribution in [0.4, 0.5) is 5.69 Å². The lowest BCUT2D eigenvalue weighted by atomic mass is 10.0. The average Bonchev–Trinajstić information content (AvgIpc) is 2.99. The summed E-state index contributed by atoms with van der Waals surface area (Å²) in [4.78, 5) is 30.3. The first-order valence-electron chi connectivity index (χ1n) is 7.70. The maximum Gasteiger partial charge on any atom is 0.223 e. The first-order chi connectivity index (χ1) is 11.5. The normalized spacial score (nSPS) is 14.4. The zero-order valence-corrected chi connectivity index (χ0v) is 15.0. The van der Waals surface area contributed by atoms with E-state index in [2.05, 4.69) is 4.98 Å². The molecule has 1 atom stereocenters. The second kappa shape index (κ2) is 6.95. The lowest BCUT2D eigenvalue weighted by Crippen LogP contribution is -2.25. The summed E-state index contributed by atoms with van der Waals surface area (Å²) in [7, 11) is 0. The van der Waals surface area contributed by atoms with Gasteiger partial charge >= 0.3 is 0 Å². The van der Waals surface area contributed by atoms with E-state index in [0.29, 0.717) is 22.2 Å². The van der Waals surface area contributed by atoms with E-state index >= 15 is 0 Å². The van der Waals surface area contributed by atoms with Crippen LogP contribution in [-0.2, 0) is 11.2 Å². The van der Waals surface area contributed by atoms with Crippen LogP contribution in [-0.4, -0.2) is 28.5 Å². The maximum absolute atomic E-state index is 12.7. The fraction of sp³-hybridized carbons (Fsp3) is 0.278. The number of thioether (sulfide) groups is 1. The second-order valence-corrected chi connectivity index (χ2v) is 7.42. The van der Waals surface area contributed by atoms with Crippen LogP contribution < -0.4 is 4.90 Å². The summed E-state index contributed by atoms with van der Waals surface area (Å²) in [5.74, 6) is 0.0624. The van der Waals surface area contributed by atoms with Crippen LogP contribution in [0.25, 0.3) is 0 Å². The van der Waals surface area contributed by atoms with Gasteiger partial charge in [-0.1, -0.05) is 23.4 Å². The fourth-order valence-electron chi connectivity index (χ4n) is 2.80. The zero-order valence-electron chi connectivity index (χ0n) is 13.5. The van der Waals surface area contributed by atoms with Crippen LogP contribution in [0.2, 0.25) is 5.02 Å². The van der Waals surface area contributed by atoms with Gasteiger partial charge < -0.3 is 4.90 Å². The van der Waals surface area contributed by atoms with Crippen molar-refractivity contribution < 1.29 is 9.59 Å². The number of hydrogen-bond donors (Lipinski definition) is 0. The molecule has 0 spiro atoms. The monoisotopic (exact) mass is 360 g/mol. The topological polar surface area (TPSA) is 50.3 Å². The van der Waals surface area contributed by atoms with Gasteiger partial charge in [0, 0.05) is 30.9 Å². The molecule has 0 saturated heterocycles. The van der Waals surface area contributed by atoms with E-state index in [-0.39, 0.29) is 16.9 Å². The van der Waals surface area contributed by atoms with Crippen molar-refractivity contribution in [3.8, 4) is 0 Å². The Hall–Kier alpha value is -1.85. The van der Waals surface area contributed by atoms with Crippen molar-refractivity contribution in [2.75, 3.05) is 11.4 Å². The van der Waals surface area contributed by atoms with E-state index in [0.717, 1.165) is 17.7 Å². The minimum Gasteiger partial charge on any atom is -0.312 e. The highest BCUT2D eigenvalue weighted by Crippen LogP contribution is 2.32. The minimum atomic E-state index is -0.291. The van der Waals surface area contributed by atoms with Crippen molar-refractivity contribution in [1.82, 2.24) is 4.98 Å². The number of carbonyl (C=O) groups excluding carboxylic acids is 2. The Morgan fingerprint density at radius 2 is 2.12 bits per heavy atom. The van der Waals surface area contributed by atoms with Crippen LogP contribution in [0.1, 0.15) is 29.8 Å². The number of fused-ring (bicyclic) bond motifs is 1. The molecule has 0 N–H and O–H groups in total. The molecule has 0 aliphatic carbocycles. The number of nitrogens with zero attached hydrogens (tertiary/aromatic N) is 2. The molecule has 0 bridgehead atoms. The molecule has 0 unspecified atom stereocenters. The molecule has 124 valence electrons. The number of hydrogen-bond acceptors (Lipinski definition) is 4. The zero-order chi connectivity index (χ0) is 17.3. The number of amides is 1. The summed E-state index contributed by atoms with van der Waals surface area (Å²) in [6.45, 7) is 4.09. The number of aromatic nitrogens is 1. The van der Waals surface area contributed by atoms with Gasteiger partial charge in [-0.25, -0.2) is 4.98 Å². The summed E-state index contributed by atoms with van der Waals surface area (Å²) in [5, 5.41) is 0.915. The Labute approximate surface area is 150 Å². The molecular formula is C18H17ClN2O2S. The molecule has 1 aromatic heterocycles. The third kappa shape index (κ3) is 3.32. The van der Waals surface area contributed by atoms with Crippen molar-refractivity contribution in [3.05, 3.63) is 52.7 Å². The minimum absolute atomic E-state index is 0.0292. The highest BCUT2D eigenvalue weighted by molar-refractivity contribution is 8.00. The summed E-state index contributed by atoms with van der Waals surface area (Å²) in [6, 6.07) is 9.08. The van der Waals surface area contributed by atoms with E-state index in [1.54, 1.807) is 36.2 Å². The first kappa shape index (κ1) is 17.0. The van der Waals surface area contributed by atoms with E-state index in [4.69, 9.17) is 11.6 Å². The summed E-state index contributed by atoms with van der Waals surface area (Å²) in [6.07, 6.45) is 2.45. The molecule has 24 heavy (non-hydrogen) atoms. The third-order valence-corrected chi connectivity index (χ3v) is 5.56. The van der Waals surface area contributed by atoms with Gasteiger partial charge in [0.2, 0.25) is 5.91 Å². The van der Waals surface area contributed by atoms with Crippen LogP contribution in [0.3, 0.4) is 0 Å². The molecule has 3 rings (SSSR count). The number of carbonyl (C=O) groups is 2. The molecule has 0 fully saturated rings. The highest BCUT2D eigenvalue weighted by atomic mass is 35.5. The lowest BCUT2D eigenvalue weighted by molar-refractivity contribution is -0.116. The largest absolute Gasteiger partial charge is 0.312 e.